The fourth-order valence-corrected chi connectivity index (χ4v) is 4.00. The van der Waals surface area contributed by atoms with Gasteiger partial charge in [0.25, 0.3) is 0 Å². The molecule has 0 saturated heterocycles. The van der Waals surface area contributed by atoms with Gasteiger partial charge < -0.3 is 4.90 Å². The van der Waals surface area contributed by atoms with E-state index in [9.17, 15) is 13.2 Å². The quantitative estimate of drug-likeness (QED) is 0.747. The normalized spacial score (nSPS) is 12.8. The molecule has 0 aliphatic rings. The molecule has 0 fully saturated rings. The van der Waals surface area contributed by atoms with Crippen LogP contribution < -0.4 is 4.90 Å². The molecule has 6 heteroatoms. The maximum absolute atomic E-state index is 12.9. The van der Waals surface area contributed by atoms with Crippen LogP contribution in [0, 0.1) is 6.92 Å². The number of hydrogen-bond donors (Lipinski definition) is 0. The van der Waals surface area contributed by atoms with Crippen molar-refractivity contribution in [1.29, 1.82) is 0 Å². The van der Waals surface area contributed by atoms with Crippen LogP contribution >= 0.6 is 0 Å². The average molecular weight is 375 g/mol. The molecule has 26 heavy (non-hydrogen) atoms. The number of aryl methyl sites for hydroxylation is 1. The Morgan fingerprint density at radius 1 is 1.08 bits per heavy atom. The van der Waals surface area contributed by atoms with Crippen molar-refractivity contribution in [2.75, 3.05) is 24.2 Å². The van der Waals surface area contributed by atoms with Gasteiger partial charge in [0.05, 0.1) is 12.8 Å². The molecule has 0 aromatic heterocycles. The molecule has 0 aliphatic carbocycles. The minimum atomic E-state index is -3.55. The number of anilines is 1. The zero-order valence-electron chi connectivity index (χ0n) is 15.7. The molecule has 1 amide bonds. The van der Waals surface area contributed by atoms with Gasteiger partial charge in [0.2, 0.25) is 15.9 Å². The maximum atomic E-state index is 12.9. The van der Waals surface area contributed by atoms with Crippen LogP contribution in [-0.2, 0) is 14.8 Å². The first-order valence-corrected chi connectivity index (χ1v) is 10.5. The van der Waals surface area contributed by atoms with E-state index in [1.807, 2.05) is 68.4 Å². The number of benzene rings is 2. The van der Waals surface area contributed by atoms with Crippen LogP contribution in [0.3, 0.4) is 0 Å². The SMILES string of the molecule is CCN(C(=O)CN(C(C)c1ccccc1)S(C)(=O)=O)c1cccc(C)c1. The standard InChI is InChI=1S/C20H26N2O3S/c1-5-21(19-13-9-10-16(2)14-19)20(23)15-22(26(4,24)25)17(3)18-11-7-6-8-12-18/h6-14,17H,5,15H2,1-4H3. The molecule has 0 saturated carbocycles. The maximum Gasteiger partial charge on any atom is 0.242 e. The molecule has 2 aromatic rings. The number of hydrogen-bond acceptors (Lipinski definition) is 3. The van der Waals surface area contributed by atoms with E-state index >= 15 is 0 Å². The summed E-state index contributed by atoms with van der Waals surface area (Å²) in [4.78, 5) is 14.5. The molecule has 2 rings (SSSR count). The molecule has 5 nitrogen and oxygen atoms in total. The molecule has 0 spiro atoms. The third-order valence-electron chi connectivity index (χ3n) is 4.36. The number of rotatable bonds is 7. The lowest BCUT2D eigenvalue weighted by atomic mass is 10.1. The monoisotopic (exact) mass is 374 g/mol. The summed E-state index contributed by atoms with van der Waals surface area (Å²) in [5, 5.41) is 0. The second kappa shape index (κ2) is 8.47. The van der Waals surface area contributed by atoms with E-state index in [1.165, 1.54) is 4.31 Å². The van der Waals surface area contributed by atoms with Gasteiger partial charge in [-0.25, -0.2) is 8.42 Å². The smallest absolute Gasteiger partial charge is 0.242 e. The molecule has 140 valence electrons. The van der Waals surface area contributed by atoms with Crippen LogP contribution in [-0.4, -0.2) is 38.0 Å². The Labute approximate surface area is 156 Å². The number of sulfonamides is 1. The van der Waals surface area contributed by atoms with Gasteiger partial charge in [-0.3, -0.25) is 4.79 Å². The zero-order valence-corrected chi connectivity index (χ0v) is 16.5. The number of carbonyl (C=O) groups excluding carboxylic acids is 1. The first-order chi connectivity index (χ1) is 12.2. The molecular formula is C20H26N2O3S. The van der Waals surface area contributed by atoms with Crippen molar-refractivity contribution < 1.29 is 13.2 Å². The average Bonchev–Trinajstić information content (AvgIpc) is 2.59. The Morgan fingerprint density at radius 3 is 2.27 bits per heavy atom. The summed E-state index contributed by atoms with van der Waals surface area (Å²) in [6, 6.07) is 16.5. The first-order valence-electron chi connectivity index (χ1n) is 8.62. The number of carbonyl (C=O) groups is 1. The van der Waals surface area contributed by atoms with Crippen molar-refractivity contribution in [1.82, 2.24) is 4.31 Å². The Hall–Kier alpha value is -2.18. The Balaban J connectivity index is 2.29. The summed E-state index contributed by atoms with van der Waals surface area (Å²) in [5.41, 5.74) is 2.68. The van der Waals surface area contributed by atoms with E-state index in [1.54, 1.807) is 11.8 Å². The topological polar surface area (TPSA) is 57.7 Å². The van der Waals surface area contributed by atoms with E-state index in [-0.39, 0.29) is 12.5 Å². The van der Waals surface area contributed by atoms with E-state index in [0.29, 0.717) is 6.54 Å². The molecule has 0 heterocycles. The van der Waals surface area contributed by atoms with Crippen molar-refractivity contribution in [2.24, 2.45) is 0 Å². The highest BCUT2D eigenvalue weighted by Gasteiger charge is 2.29. The predicted molar refractivity (Wildman–Crippen MR) is 106 cm³/mol. The minimum Gasteiger partial charge on any atom is -0.312 e. The number of amides is 1. The van der Waals surface area contributed by atoms with Crippen LogP contribution in [0.2, 0.25) is 0 Å². The summed E-state index contributed by atoms with van der Waals surface area (Å²) < 4.78 is 25.9. The minimum absolute atomic E-state index is 0.198. The van der Waals surface area contributed by atoms with Gasteiger partial charge >= 0.3 is 0 Å². The van der Waals surface area contributed by atoms with Gasteiger partial charge in [0.15, 0.2) is 0 Å². The van der Waals surface area contributed by atoms with Crippen LogP contribution in [0.4, 0.5) is 5.69 Å². The molecule has 1 atom stereocenters. The molecule has 0 aliphatic heterocycles. The molecule has 1 unspecified atom stereocenters. The van der Waals surface area contributed by atoms with Crippen molar-refractivity contribution in [3.63, 3.8) is 0 Å². The molecule has 0 bridgehead atoms. The number of nitrogens with zero attached hydrogens (tertiary/aromatic N) is 2. The van der Waals surface area contributed by atoms with Crippen molar-refractivity contribution in [2.45, 2.75) is 26.8 Å². The molecule has 0 radical (unpaired) electrons. The summed E-state index contributed by atoms with van der Waals surface area (Å²) in [6.07, 6.45) is 1.14. The van der Waals surface area contributed by atoms with Crippen molar-refractivity contribution >= 4 is 21.6 Å². The first kappa shape index (κ1) is 20.1. The van der Waals surface area contributed by atoms with Crippen LogP contribution in [0.5, 0.6) is 0 Å². The Kier molecular flexibility index (Phi) is 6.56. The Morgan fingerprint density at radius 2 is 1.73 bits per heavy atom. The fraction of sp³-hybridized carbons (Fsp3) is 0.350. The lowest BCUT2D eigenvalue weighted by molar-refractivity contribution is -0.119. The Bertz CT molecular complexity index is 850. The second-order valence-corrected chi connectivity index (χ2v) is 8.31. The van der Waals surface area contributed by atoms with E-state index in [0.717, 1.165) is 23.1 Å². The van der Waals surface area contributed by atoms with E-state index in [4.69, 9.17) is 0 Å². The van der Waals surface area contributed by atoms with Crippen LogP contribution in [0.25, 0.3) is 0 Å². The lowest BCUT2D eigenvalue weighted by Crippen LogP contribution is -2.43. The summed E-state index contributed by atoms with van der Waals surface area (Å²) >= 11 is 0. The van der Waals surface area contributed by atoms with Crippen LogP contribution in [0.1, 0.15) is 31.0 Å². The second-order valence-electron chi connectivity index (χ2n) is 6.37. The predicted octanol–water partition coefficient (Wildman–Crippen LogP) is 3.37. The largest absolute Gasteiger partial charge is 0.312 e. The van der Waals surface area contributed by atoms with Crippen molar-refractivity contribution in [3.8, 4) is 0 Å². The molecule has 2 aromatic carbocycles. The van der Waals surface area contributed by atoms with Crippen LogP contribution in [0.15, 0.2) is 54.6 Å². The van der Waals surface area contributed by atoms with Gasteiger partial charge in [0, 0.05) is 18.3 Å². The van der Waals surface area contributed by atoms with E-state index in [2.05, 4.69) is 0 Å². The van der Waals surface area contributed by atoms with Crippen molar-refractivity contribution in [3.05, 3.63) is 65.7 Å². The van der Waals surface area contributed by atoms with Gasteiger partial charge in [-0.1, -0.05) is 42.5 Å². The molecular weight excluding hydrogens is 348 g/mol. The number of likely N-dealkylation sites (N-methyl/N-ethyl adjacent to an activating group) is 1. The van der Waals surface area contributed by atoms with Gasteiger partial charge in [-0.2, -0.15) is 4.31 Å². The zero-order chi connectivity index (χ0) is 19.3. The van der Waals surface area contributed by atoms with Gasteiger partial charge in [-0.05, 0) is 44.0 Å². The molecule has 0 N–H and O–H groups in total. The summed E-state index contributed by atoms with van der Waals surface area (Å²) in [6.45, 7) is 5.91. The highest BCUT2D eigenvalue weighted by Crippen LogP contribution is 2.24. The summed E-state index contributed by atoms with van der Waals surface area (Å²) in [5.74, 6) is -0.244. The fourth-order valence-electron chi connectivity index (χ4n) is 2.96. The highest BCUT2D eigenvalue weighted by atomic mass is 32.2. The third-order valence-corrected chi connectivity index (χ3v) is 5.66. The highest BCUT2D eigenvalue weighted by molar-refractivity contribution is 7.88. The summed E-state index contributed by atoms with van der Waals surface area (Å²) in [7, 11) is -3.55. The van der Waals surface area contributed by atoms with E-state index < -0.39 is 16.1 Å². The lowest BCUT2D eigenvalue weighted by Gasteiger charge is -2.29. The van der Waals surface area contributed by atoms with Gasteiger partial charge in [-0.15, -0.1) is 0 Å². The van der Waals surface area contributed by atoms with Gasteiger partial charge in [0.1, 0.15) is 0 Å². The third kappa shape index (κ3) is 4.93.